The van der Waals surface area contributed by atoms with Crippen LogP contribution in [0, 0.1) is 11.8 Å². The quantitative estimate of drug-likeness (QED) is 0.260. The van der Waals surface area contributed by atoms with Crippen LogP contribution < -0.4 is 5.32 Å². The van der Waals surface area contributed by atoms with Crippen LogP contribution in [0.3, 0.4) is 0 Å². The van der Waals surface area contributed by atoms with Gasteiger partial charge in [0.15, 0.2) is 0 Å². The van der Waals surface area contributed by atoms with Gasteiger partial charge in [-0.3, -0.25) is 4.57 Å². The Labute approximate surface area is 223 Å². The van der Waals surface area contributed by atoms with E-state index in [2.05, 4.69) is 17.2 Å². The lowest BCUT2D eigenvalue weighted by Gasteiger charge is -2.22. The van der Waals surface area contributed by atoms with Crippen LogP contribution in [0.15, 0.2) is 60.8 Å². The lowest BCUT2D eigenvalue weighted by Crippen LogP contribution is -2.44. The van der Waals surface area contributed by atoms with Crippen LogP contribution in [0.25, 0.3) is 10.9 Å². The van der Waals surface area contributed by atoms with E-state index in [0.29, 0.717) is 11.1 Å². The second-order valence-corrected chi connectivity index (χ2v) is 10.7. The molecule has 0 aliphatic carbocycles. The molecule has 0 spiro atoms. The standard InChI is InChI=1S/C30H34N2O6/c1-29(2,3)37-27(34)31-24(26(33)36-20-22-11-8-7-9-12-22)14-10-13-21-15-16-25-23(19-21)17-18-32(25)28(35)38-30(4,5)6/h7-9,11-12,15-19,24H,14,20H2,1-6H3,(H,31,34). The molecular weight excluding hydrogens is 484 g/mol. The van der Waals surface area contributed by atoms with Gasteiger partial charge in [0.25, 0.3) is 0 Å². The SMILES string of the molecule is CC(C)(C)OC(=O)NC(CC#Cc1ccc2c(ccn2C(=O)OC(C)(C)C)c1)C(=O)OCc1ccccc1. The molecule has 3 aromatic rings. The van der Waals surface area contributed by atoms with Crippen molar-refractivity contribution in [2.24, 2.45) is 0 Å². The van der Waals surface area contributed by atoms with Crippen molar-refractivity contribution in [1.82, 2.24) is 9.88 Å². The molecule has 1 aromatic heterocycles. The predicted octanol–water partition coefficient (Wildman–Crippen LogP) is 5.80. The highest BCUT2D eigenvalue weighted by Crippen LogP contribution is 2.19. The first-order valence-corrected chi connectivity index (χ1v) is 12.3. The summed E-state index contributed by atoms with van der Waals surface area (Å²) in [7, 11) is 0. The molecule has 38 heavy (non-hydrogen) atoms. The third-order valence-corrected chi connectivity index (χ3v) is 5.02. The van der Waals surface area contributed by atoms with Crippen molar-refractivity contribution in [1.29, 1.82) is 0 Å². The number of nitrogens with one attached hydrogen (secondary N) is 1. The Balaban J connectivity index is 1.73. The fourth-order valence-corrected chi connectivity index (χ4v) is 3.42. The molecule has 0 aliphatic rings. The van der Waals surface area contributed by atoms with Gasteiger partial charge in [-0.2, -0.15) is 0 Å². The molecule has 200 valence electrons. The molecule has 8 heteroatoms. The van der Waals surface area contributed by atoms with Crippen molar-refractivity contribution >= 4 is 29.1 Å². The maximum absolute atomic E-state index is 12.8. The number of rotatable bonds is 5. The first-order valence-electron chi connectivity index (χ1n) is 12.3. The molecule has 8 nitrogen and oxygen atoms in total. The number of ether oxygens (including phenoxy) is 3. The van der Waals surface area contributed by atoms with Crippen molar-refractivity contribution in [3.63, 3.8) is 0 Å². The number of benzene rings is 2. The van der Waals surface area contributed by atoms with Crippen molar-refractivity contribution in [3.8, 4) is 11.8 Å². The predicted molar refractivity (Wildman–Crippen MR) is 144 cm³/mol. The molecule has 2 aromatic carbocycles. The zero-order chi connectivity index (χ0) is 27.9. The average molecular weight is 519 g/mol. The fraction of sp³-hybridized carbons (Fsp3) is 0.367. The summed E-state index contributed by atoms with van der Waals surface area (Å²) in [6.07, 6.45) is 0.478. The first kappa shape index (κ1) is 28.3. The van der Waals surface area contributed by atoms with E-state index >= 15 is 0 Å². The van der Waals surface area contributed by atoms with Crippen LogP contribution in [0.5, 0.6) is 0 Å². The Morgan fingerprint density at radius 1 is 0.921 bits per heavy atom. The second kappa shape index (κ2) is 11.9. The van der Waals surface area contributed by atoms with Gasteiger partial charge in [-0.05, 0) is 71.4 Å². The highest BCUT2D eigenvalue weighted by atomic mass is 16.6. The molecule has 1 unspecified atom stereocenters. The van der Waals surface area contributed by atoms with E-state index in [1.807, 2.05) is 57.2 Å². The van der Waals surface area contributed by atoms with E-state index < -0.39 is 35.4 Å². The highest BCUT2D eigenvalue weighted by molar-refractivity contribution is 5.90. The third kappa shape index (κ3) is 8.70. The number of esters is 1. The Hall–Kier alpha value is -4.25. The molecule has 0 aliphatic heterocycles. The van der Waals surface area contributed by atoms with Crippen LogP contribution in [-0.4, -0.2) is 40.0 Å². The summed E-state index contributed by atoms with van der Waals surface area (Å²) in [6, 6.07) is 15.5. The molecule has 0 radical (unpaired) electrons. The lowest BCUT2D eigenvalue weighted by molar-refractivity contribution is -0.147. The number of carbonyl (C=O) groups is 3. The monoisotopic (exact) mass is 518 g/mol. The zero-order valence-corrected chi connectivity index (χ0v) is 22.7. The number of hydrogen-bond acceptors (Lipinski definition) is 6. The van der Waals surface area contributed by atoms with Crippen molar-refractivity contribution in [3.05, 3.63) is 71.9 Å². The summed E-state index contributed by atoms with van der Waals surface area (Å²) in [5.41, 5.74) is 0.881. The Morgan fingerprint density at radius 2 is 1.61 bits per heavy atom. The van der Waals surface area contributed by atoms with Crippen molar-refractivity contribution in [2.45, 2.75) is 71.8 Å². The Bertz CT molecular complexity index is 1350. The summed E-state index contributed by atoms with van der Waals surface area (Å²) in [5.74, 6) is 5.36. The number of fused-ring (bicyclic) bond motifs is 1. The average Bonchev–Trinajstić information content (AvgIpc) is 3.24. The summed E-state index contributed by atoms with van der Waals surface area (Å²) in [6.45, 7) is 10.7. The zero-order valence-electron chi connectivity index (χ0n) is 22.7. The van der Waals surface area contributed by atoms with Crippen LogP contribution in [0.1, 0.15) is 59.1 Å². The van der Waals surface area contributed by atoms with Gasteiger partial charge in [-0.25, -0.2) is 14.4 Å². The van der Waals surface area contributed by atoms with Gasteiger partial charge in [-0.1, -0.05) is 42.2 Å². The molecule has 0 fully saturated rings. The summed E-state index contributed by atoms with van der Waals surface area (Å²) in [4.78, 5) is 37.6. The van der Waals surface area contributed by atoms with Crippen LogP contribution in [-0.2, 0) is 25.6 Å². The Kier molecular flexibility index (Phi) is 8.84. The summed E-state index contributed by atoms with van der Waals surface area (Å²) in [5, 5.41) is 3.38. The van der Waals surface area contributed by atoms with E-state index in [1.165, 1.54) is 4.57 Å². The maximum atomic E-state index is 12.8. The van der Waals surface area contributed by atoms with Gasteiger partial charge in [0.1, 0.15) is 23.9 Å². The van der Waals surface area contributed by atoms with Crippen molar-refractivity contribution < 1.29 is 28.6 Å². The van der Waals surface area contributed by atoms with E-state index in [0.717, 1.165) is 10.9 Å². The third-order valence-electron chi connectivity index (χ3n) is 5.02. The van der Waals surface area contributed by atoms with E-state index in [4.69, 9.17) is 14.2 Å². The van der Waals surface area contributed by atoms with Gasteiger partial charge in [-0.15, -0.1) is 0 Å². The van der Waals surface area contributed by atoms with Crippen LogP contribution in [0.2, 0.25) is 0 Å². The normalized spacial score (nSPS) is 12.2. The highest BCUT2D eigenvalue weighted by Gasteiger charge is 2.25. The first-order chi connectivity index (χ1) is 17.8. The van der Waals surface area contributed by atoms with Crippen LogP contribution >= 0.6 is 0 Å². The fourth-order valence-electron chi connectivity index (χ4n) is 3.42. The number of aromatic nitrogens is 1. The molecule has 3 rings (SSSR count). The summed E-state index contributed by atoms with van der Waals surface area (Å²) >= 11 is 0. The molecule has 0 saturated carbocycles. The minimum atomic E-state index is -1.02. The lowest BCUT2D eigenvalue weighted by atomic mass is 10.1. The van der Waals surface area contributed by atoms with Crippen molar-refractivity contribution in [2.75, 3.05) is 0 Å². The van der Waals surface area contributed by atoms with Gasteiger partial charge in [0.05, 0.1) is 5.52 Å². The molecule has 1 heterocycles. The second-order valence-electron chi connectivity index (χ2n) is 10.7. The number of hydrogen-bond donors (Lipinski definition) is 1. The molecular formula is C30H34N2O6. The largest absolute Gasteiger partial charge is 0.459 e. The smallest absolute Gasteiger partial charge is 0.418 e. The molecule has 0 saturated heterocycles. The molecule has 1 amide bonds. The van der Waals surface area contributed by atoms with Gasteiger partial charge >= 0.3 is 18.2 Å². The summed E-state index contributed by atoms with van der Waals surface area (Å²) < 4.78 is 17.6. The van der Waals surface area contributed by atoms with Crippen LogP contribution in [0.4, 0.5) is 9.59 Å². The van der Waals surface area contributed by atoms with E-state index in [-0.39, 0.29) is 13.0 Å². The van der Waals surface area contributed by atoms with E-state index in [9.17, 15) is 14.4 Å². The minimum absolute atomic E-state index is 0.0177. The number of alkyl carbamates (subject to hydrolysis) is 1. The molecule has 1 atom stereocenters. The molecule has 0 bridgehead atoms. The Morgan fingerprint density at radius 3 is 2.26 bits per heavy atom. The number of carbonyl (C=O) groups excluding carboxylic acids is 3. The maximum Gasteiger partial charge on any atom is 0.418 e. The van der Waals surface area contributed by atoms with E-state index in [1.54, 1.807) is 45.2 Å². The topological polar surface area (TPSA) is 95.9 Å². The molecule has 1 N–H and O–H groups in total. The minimum Gasteiger partial charge on any atom is -0.459 e. The number of nitrogens with zero attached hydrogens (tertiary/aromatic N) is 1. The van der Waals surface area contributed by atoms with Gasteiger partial charge in [0.2, 0.25) is 0 Å². The van der Waals surface area contributed by atoms with Gasteiger partial charge < -0.3 is 19.5 Å². The number of amides is 1. The van der Waals surface area contributed by atoms with Gasteiger partial charge in [0, 0.05) is 23.6 Å².